The predicted octanol–water partition coefficient (Wildman–Crippen LogP) is 4.50. The normalized spacial score (nSPS) is 17.1. The van der Waals surface area contributed by atoms with Gasteiger partial charge in [-0.3, -0.25) is 9.59 Å². The van der Waals surface area contributed by atoms with Gasteiger partial charge in [0.2, 0.25) is 0 Å². The quantitative estimate of drug-likeness (QED) is 0.255. The Balaban J connectivity index is 2.07. The van der Waals surface area contributed by atoms with Crippen LogP contribution >= 0.6 is 0 Å². The van der Waals surface area contributed by atoms with Crippen LogP contribution in [0.5, 0.6) is 17.2 Å². The minimum absolute atomic E-state index is 0.0487. The number of hydrogen-bond acceptors (Lipinski definition) is 7. The maximum atomic E-state index is 13.3. The van der Waals surface area contributed by atoms with Gasteiger partial charge in [0.15, 0.2) is 11.5 Å². The van der Waals surface area contributed by atoms with E-state index in [1.807, 2.05) is 0 Å². The first kappa shape index (κ1) is 28.1. The van der Waals surface area contributed by atoms with Crippen molar-refractivity contribution in [2.24, 2.45) is 5.92 Å². The van der Waals surface area contributed by atoms with E-state index in [-0.39, 0.29) is 11.3 Å². The molecule has 1 aliphatic rings. The largest absolute Gasteiger partial charge is 0.507 e. The highest BCUT2D eigenvalue weighted by Crippen LogP contribution is 2.42. The Morgan fingerprint density at radius 3 is 2.22 bits per heavy atom. The Kier molecular flexibility index (Phi) is 9.58. The molecule has 1 N–H and O–H groups in total. The minimum atomic E-state index is -0.771. The van der Waals surface area contributed by atoms with E-state index < -0.39 is 17.7 Å². The second kappa shape index (κ2) is 12.6. The third-order valence-electron chi connectivity index (χ3n) is 6.53. The predicted molar refractivity (Wildman–Crippen MR) is 143 cm³/mol. The summed E-state index contributed by atoms with van der Waals surface area (Å²) in [5.41, 5.74) is 1.13. The van der Waals surface area contributed by atoms with Gasteiger partial charge in [0.05, 0.1) is 32.4 Å². The van der Waals surface area contributed by atoms with E-state index in [0.717, 1.165) is 13.1 Å². The first-order valence-corrected chi connectivity index (χ1v) is 12.7. The molecule has 0 aromatic heterocycles. The Hall–Kier alpha value is -3.52. The molecular formula is C29H38N2O6. The highest BCUT2D eigenvalue weighted by molar-refractivity contribution is 6.46. The van der Waals surface area contributed by atoms with E-state index in [2.05, 4.69) is 32.6 Å². The van der Waals surface area contributed by atoms with Crippen molar-refractivity contribution in [3.63, 3.8) is 0 Å². The smallest absolute Gasteiger partial charge is 0.295 e. The molecular weight excluding hydrogens is 472 g/mol. The molecule has 0 aliphatic carbocycles. The lowest BCUT2D eigenvalue weighted by Crippen LogP contribution is -2.38. The fraction of sp³-hybridized carbons (Fsp3) is 0.448. The third-order valence-corrected chi connectivity index (χ3v) is 6.53. The van der Waals surface area contributed by atoms with Crippen molar-refractivity contribution in [1.82, 2.24) is 9.80 Å². The van der Waals surface area contributed by atoms with Crippen LogP contribution in [-0.4, -0.2) is 73.6 Å². The summed E-state index contributed by atoms with van der Waals surface area (Å²) in [7, 11) is 3.07. The zero-order valence-electron chi connectivity index (χ0n) is 22.6. The number of likely N-dealkylation sites (N-methyl/N-ethyl adjacent to an activating group) is 1. The van der Waals surface area contributed by atoms with Crippen LogP contribution in [-0.2, 0) is 9.59 Å². The zero-order chi connectivity index (χ0) is 27.1. The Labute approximate surface area is 219 Å². The summed E-state index contributed by atoms with van der Waals surface area (Å²) in [4.78, 5) is 30.3. The summed E-state index contributed by atoms with van der Waals surface area (Å²) in [6.45, 7) is 11.4. The highest BCUT2D eigenvalue weighted by atomic mass is 16.5. The number of methoxy groups -OCH3 is 2. The number of likely N-dealkylation sites (tertiary alicyclic amines) is 1. The number of carbonyl (C=O) groups excluding carboxylic acids is 2. The van der Waals surface area contributed by atoms with Crippen molar-refractivity contribution < 1.29 is 28.9 Å². The molecule has 8 nitrogen and oxygen atoms in total. The fourth-order valence-corrected chi connectivity index (χ4v) is 4.40. The summed E-state index contributed by atoms with van der Waals surface area (Å²) < 4.78 is 16.6. The van der Waals surface area contributed by atoms with Crippen LogP contribution in [0.4, 0.5) is 0 Å². The molecule has 2 aromatic rings. The van der Waals surface area contributed by atoms with E-state index in [4.69, 9.17) is 14.2 Å². The van der Waals surface area contributed by atoms with Gasteiger partial charge in [0, 0.05) is 18.7 Å². The van der Waals surface area contributed by atoms with Gasteiger partial charge in [-0.2, -0.15) is 0 Å². The first-order chi connectivity index (χ1) is 17.7. The first-order valence-electron chi connectivity index (χ1n) is 12.7. The number of rotatable bonds is 12. The van der Waals surface area contributed by atoms with Gasteiger partial charge >= 0.3 is 0 Å². The van der Waals surface area contributed by atoms with Crippen LogP contribution in [0.3, 0.4) is 0 Å². The number of amides is 1. The van der Waals surface area contributed by atoms with Crippen molar-refractivity contribution in [1.29, 1.82) is 0 Å². The molecule has 1 heterocycles. The van der Waals surface area contributed by atoms with Gasteiger partial charge in [-0.25, -0.2) is 0 Å². The molecule has 0 saturated carbocycles. The van der Waals surface area contributed by atoms with E-state index >= 15 is 0 Å². The highest BCUT2D eigenvalue weighted by Gasteiger charge is 2.46. The molecule has 0 radical (unpaired) electrons. The van der Waals surface area contributed by atoms with Gasteiger partial charge in [-0.1, -0.05) is 33.8 Å². The van der Waals surface area contributed by atoms with Gasteiger partial charge in [0.1, 0.15) is 11.5 Å². The molecule has 0 bridgehead atoms. The second-order valence-corrected chi connectivity index (χ2v) is 9.36. The summed E-state index contributed by atoms with van der Waals surface area (Å²) in [5, 5.41) is 11.3. The van der Waals surface area contributed by atoms with Crippen LogP contribution in [0.25, 0.3) is 5.76 Å². The molecule has 200 valence electrons. The Bertz CT molecular complexity index is 1120. The average molecular weight is 511 g/mol. The number of carbonyl (C=O) groups is 2. The summed E-state index contributed by atoms with van der Waals surface area (Å²) in [6, 6.07) is 11.4. The molecule has 1 amide bonds. The number of aliphatic hydroxyl groups excluding tert-OH is 1. The summed E-state index contributed by atoms with van der Waals surface area (Å²) >= 11 is 0. The summed E-state index contributed by atoms with van der Waals surface area (Å²) in [6.07, 6.45) is 0. The molecule has 8 heteroatoms. The molecule has 1 atom stereocenters. The van der Waals surface area contributed by atoms with Crippen molar-refractivity contribution >= 4 is 17.4 Å². The number of ether oxygens (including phenoxy) is 3. The van der Waals surface area contributed by atoms with Crippen LogP contribution in [0, 0.1) is 5.92 Å². The SMILES string of the molecule is CCN(CC)CCN1C(=O)C(=O)/C(=C(/O)c2ccc(OCC(C)C)cc2)C1c1ccc(OC)c(OC)c1. The number of benzene rings is 2. The molecule has 3 rings (SSSR count). The van der Waals surface area contributed by atoms with Crippen LogP contribution in [0.2, 0.25) is 0 Å². The zero-order valence-corrected chi connectivity index (χ0v) is 22.6. The van der Waals surface area contributed by atoms with E-state index in [1.54, 1.807) is 49.6 Å². The van der Waals surface area contributed by atoms with Crippen LogP contribution in [0.1, 0.15) is 44.9 Å². The van der Waals surface area contributed by atoms with Crippen molar-refractivity contribution in [3.8, 4) is 17.2 Å². The topological polar surface area (TPSA) is 88.5 Å². The van der Waals surface area contributed by atoms with Crippen molar-refractivity contribution in [2.75, 3.05) is 47.0 Å². The van der Waals surface area contributed by atoms with Crippen LogP contribution < -0.4 is 14.2 Å². The van der Waals surface area contributed by atoms with Gasteiger partial charge in [0.25, 0.3) is 11.7 Å². The third kappa shape index (κ3) is 6.25. The van der Waals surface area contributed by atoms with E-state index in [9.17, 15) is 14.7 Å². The van der Waals surface area contributed by atoms with Gasteiger partial charge in [-0.15, -0.1) is 0 Å². The maximum Gasteiger partial charge on any atom is 0.295 e. The molecule has 1 unspecified atom stereocenters. The van der Waals surface area contributed by atoms with Crippen molar-refractivity contribution in [3.05, 3.63) is 59.2 Å². The molecule has 1 fully saturated rings. The number of ketones is 1. The lowest BCUT2D eigenvalue weighted by molar-refractivity contribution is -0.140. The maximum absolute atomic E-state index is 13.3. The second-order valence-electron chi connectivity index (χ2n) is 9.36. The molecule has 37 heavy (non-hydrogen) atoms. The Morgan fingerprint density at radius 2 is 1.65 bits per heavy atom. The average Bonchev–Trinajstić information content (AvgIpc) is 3.16. The van der Waals surface area contributed by atoms with Gasteiger partial charge < -0.3 is 29.1 Å². The van der Waals surface area contributed by atoms with E-state index in [0.29, 0.717) is 54.0 Å². The molecule has 1 saturated heterocycles. The number of hydrogen-bond donors (Lipinski definition) is 1. The van der Waals surface area contributed by atoms with Crippen molar-refractivity contribution in [2.45, 2.75) is 33.7 Å². The Morgan fingerprint density at radius 1 is 1.00 bits per heavy atom. The standard InChI is InChI=1S/C29H38N2O6/c1-7-30(8-2)15-16-31-26(21-11-14-23(35-5)24(17-21)36-6)25(28(33)29(31)34)27(32)20-9-12-22(13-10-20)37-18-19(3)4/h9-14,17,19,26,32H,7-8,15-16,18H2,1-6H3/b27-25+. The summed E-state index contributed by atoms with van der Waals surface area (Å²) in [5.74, 6) is 0.480. The van der Waals surface area contributed by atoms with E-state index in [1.165, 1.54) is 12.0 Å². The number of aliphatic hydroxyl groups is 1. The number of nitrogens with zero attached hydrogens (tertiary/aromatic N) is 2. The molecule has 0 spiro atoms. The lowest BCUT2D eigenvalue weighted by atomic mass is 9.95. The monoisotopic (exact) mass is 510 g/mol. The lowest BCUT2D eigenvalue weighted by Gasteiger charge is -2.28. The fourth-order valence-electron chi connectivity index (χ4n) is 4.40. The number of Topliss-reactive ketones (excluding diaryl/α,β-unsaturated/α-hetero) is 1. The minimum Gasteiger partial charge on any atom is -0.507 e. The molecule has 2 aromatic carbocycles. The van der Waals surface area contributed by atoms with Crippen LogP contribution in [0.15, 0.2) is 48.0 Å². The van der Waals surface area contributed by atoms with Gasteiger partial charge in [-0.05, 0) is 61.0 Å². The molecule has 1 aliphatic heterocycles.